The Kier molecular flexibility index (Phi) is 8.56. The van der Waals surface area contributed by atoms with Gasteiger partial charge in [-0.3, -0.25) is 14.5 Å². The molecule has 0 amide bonds. The van der Waals surface area contributed by atoms with E-state index in [9.17, 15) is 14.7 Å². The van der Waals surface area contributed by atoms with E-state index in [1.807, 2.05) is 72.8 Å². The highest BCUT2D eigenvalue weighted by atomic mass is 35.5. The van der Waals surface area contributed by atoms with Crippen molar-refractivity contribution in [3.8, 4) is 39.1 Å². The van der Waals surface area contributed by atoms with Crippen molar-refractivity contribution in [3.63, 3.8) is 0 Å². The summed E-state index contributed by atoms with van der Waals surface area (Å²) in [6, 6.07) is 28.0. The molecule has 218 valence electrons. The number of aromatic nitrogens is 1. The monoisotopic (exact) mass is 594 g/mol. The van der Waals surface area contributed by atoms with Crippen molar-refractivity contribution in [2.75, 3.05) is 39.5 Å². The smallest absolute Gasteiger partial charge is 0.310 e. The average Bonchev–Trinajstić information content (AvgIpc) is 3.01. The molecule has 1 aliphatic rings. The third-order valence-electron chi connectivity index (χ3n) is 7.70. The molecule has 43 heavy (non-hydrogen) atoms. The van der Waals surface area contributed by atoms with Gasteiger partial charge in [-0.05, 0) is 51.9 Å². The van der Waals surface area contributed by atoms with Crippen LogP contribution in [-0.4, -0.2) is 60.4 Å². The molecular formula is C35H31ClN2O5. The summed E-state index contributed by atoms with van der Waals surface area (Å²) in [5.74, 6) is -0.0779. The molecule has 0 spiro atoms. The second kappa shape index (κ2) is 12.8. The molecule has 0 bridgehead atoms. The van der Waals surface area contributed by atoms with Crippen LogP contribution in [0, 0.1) is 0 Å². The number of halogens is 1. The van der Waals surface area contributed by atoms with Crippen molar-refractivity contribution in [3.05, 3.63) is 112 Å². The summed E-state index contributed by atoms with van der Waals surface area (Å²) in [6.07, 6.45) is 0.124. The first-order valence-electron chi connectivity index (χ1n) is 14.2. The van der Waals surface area contributed by atoms with Crippen LogP contribution in [0.5, 0.6) is 5.75 Å². The molecule has 0 aliphatic carbocycles. The first-order chi connectivity index (χ1) is 20.9. The minimum Gasteiger partial charge on any atom is -0.507 e. The van der Waals surface area contributed by atoms with Crippen LogP contribution in [0.1, 0.15) is 5.56 Å². The van der Waals surface area contributed by atoms with Crippen molar-refractivity contribution in [1.82, 2.24) is 9.88 Å². The van der Waals surface area contributed by atoms with Crippen molar-refractivity contribution >= 4 is 28.5 Å². The fraction of sp³-hybridized carbons (Fsp3) is 0.200. The molecule has 6 rings (SSSR count). The SMILES string of the molecule is O=C(Cc1cccc(-c2cc3cc(-c4ccc(-c5ccccc5O)cc4)c(Cl)cc3[nH]c2=O)c1)OCCN1CCOCC1. The fourth-order valence-electron chi connectivity index (χ4n) is 5.39. The summed E-state index contributed by atoms with van der Waals surface area (Å²) in [5.41, 5.74) is 5.76. The lowest BCUT2D eigenvalue weighted by Crippen LogP contribution is -2.38. The van der Waals surface area contributed by atoms with Crippen LogP contribution in [-0.2, 0) is 20.7 Å². The van der Waals surface area contributed by atoms with Gasteiger partial charge in [-0.1, -0.05) is 78.3 Å². The predicted octanol–water partition coefficient (Wildman–Crippen LogP) is 6.31. The Morgan fingerprint density at radius 1 is 0.860 bits per heavy atom. The number of carbonyl (C=O) groups is 1. The van der Waals surface area contributed by atoms with E-state index in [1.54, 1.807) is 18.2 Å². The topological polar surface area (TPSA) is 91.9 Å². The molecule has 0 radical (unpaired) electrons. The molecular weight excluding hydrogens is 564 g/mol. The van der Waals surface area contributed by atoms with Crippen molar-refractivity contribution < 1.29 is 19.4 Å². The van der Waals surface area contributed by atoms with E-state index >= 15 is 0 Å². The lowest BCUT2D eigenvalue weighted by molar-refractivity contribution is -0.143. The summed E-state index contributed by atoms with van der Waals surface area (Å²) in [6.45, 7) is 4.13. The van der Waals surface area contributed by atoms with Gasteiger partial charge in [0.15, 0.2) is 0 Å². The number of rotatable bonds is 8. The van der Waals surface area contributed by atoms with Crippen molar-refractivity contribution in [2.45, 2.75) is 6.42 Å². The molecule has 1 aliphatic heterocycles. The number of hydrogen-bond acceptors (Lipinski definition) is 6. The van der Waals surface area contributed by atoms with E-state index in [2.05, 4.69) is 9.88 Å². The Morgan fingerprint density at radius 2 is 1.58 bits per heavy atom. The van der Waals surface area contributed by atoms with Crippen LogP contribution in [0.15, 0.2) is 95.8 Å². The number of aromatic amines is 1. The van der Waals surface area contributed by atoms with E-state index in [1.165, 1.54) is 0 Å². The maximum Gasteiger partial charge on any atom is 0.310 e. The van der Waals surface area contributed by atoms with E-state index in [-0.39, 0.29) is 23.7 Å². The van der Waals surface area contributed by atoms with Gasteiger partial charge in [-0.15, -0.1) is 0 Å². The normalized spacial score (nSPS) is 13.7. The average molecular weight is 595 g/mol. The molecule has 1 saturated heterocycles. The van der Waals surface area contributed by atoms with Crippen LogP contribution in [0.3, 0.4) is 0 Å². The van der Waals surface area contributed by atoms with Crippen LogP contribution < -0.4 is 5.56 Å². The van der Waals surface area contributed by atoms with Crippen LogP contribution in [0.25, 0.3) is 44.3 Å². The van der Waals surface area contributed by atoms with Gasteiger partial charge in [0.25, 0.3) is 5.56 Å². The number of nitrogens with zero attached hydrogens (tertiary/aromatic N) is 1. The summed E-state index contributed by atoms with van der Waals surface area (Å²) in [7, 11) is 0. The predicted molar refractivity (Wildman–Crippen MR) is 169 cm³/mol. The molecule has 8 heteroatoms. The van der Waals surface area contributed by atoms with Crippen molar-refractivity contribution in [1.29, 1.82) is 0 Å². The zero-order chi connectivity index (χ0) is 29.8. The number of pyridine rings is 1. The molecule has 7 nitrogen and oxygen atoms in total. The van der Waals surface area contributed by atoms with Gasteiger partial charge in [0.05, 0.1) is 24.7 Å². The van der Waals surface area contributed by atoms with Gasteiger partial charge in [0.1, 0.15) is 12.4 Å². The number of nitrogens with one attached hydrogen (secondary N) is 1. The number of carbonyl (C=O) groups excluding carboxylic acids is 1. The Morgan fingerprint density at radius 3 is 2.35 bits per heavy atom. The quantitative estimate of drug-likeness (QED) is 0.205. The van der Waals surface area contributed by atoms with Gasteiger partial charge >= 0.3 is 5.97 Å². The van der Waals surface area contributed by atoms with Gasteiger partial charge in [-0.2, -0.15) is 0 Å². The van der Waals surface area contributed by atoms with E-state index < -0.39 is 0 Å². The number of morpholine rings is 1. The first-order valence-corrected chi connectivity index (χ1v) is 14.6. The highest BCUT2D eigenvalue weighted by molar-refractivity contribution is 6.34. The highest BCUT2D eigenvalue weighted by Crippen LogP contribution is 2.35. The Hall–Kier alpha value is -4.43. The molecule has 2 N–H and O–H groups in total. The maximum absolute atomic E-state index is 13.1. The minimum atomic E-state index is -0.300. The molecule has 1 aromatic heterocycles. The van der Waals surface area contributed by atoms with E-state index in [0.29, 0.717) is 48.0 Å². The summed E-state index contributed by atoms with van der Waals surface area (Å²) < 4.78 is 10.8. The number of phenols is 1. The van der Waals surface area contributed by atoms with Gasteiger partial charge < -0.3 is 19.6 Å². The number of fused-ring (bicyclic) bond motifs is 1. The number of esters is 1. The van der Waals surface area contributed by atoms with Gasteiger partial charge in [-0.25, -0.2) is 0 Å². The second-order valence-electron chi connectivity index (χ2n) is 10.6. The number of H-pyrrole nitrogens is 1. The highest BCUT2D eigenvalue weighted by Gasteiger charge is 2.14. The Bertz CT molecular complexity index is 1830. The number of aromatic hydroxyl groups is 1. The third kappa shape index (κ3) is 6.65. The molecule has 0 atom stereocenters. The minimum absolute atomic E-state index is 0.124. The first kappa shape index (κ1) is 28.7. The Labute approximate surface area is 254 Å². The van der Waals surface area contributed by atoms with Crippen LogP contribution in [0.2, 0.25) is 5.02 Å². The summed E-state index contributed by atoms with van der Waals surface area (Å²) >= 11 is 6.66. The number of hydrogen-bond donors (Lipinski definition) is 2. The molecule has 2 heterocycles. The summed E-state index contributed by atoms with van der Waals surface area (Å²) in [5, 5.41) is 11.6. The van der Waals surface area contributed by atoms with Crippen molar-refractivity contribution in [2.24, 2.45) is 0 Å². The second-order valence-corrected chi connectivity index (χ2v) is 11.0. The van der Waals surface area contributed by atoms with E-state index in [4.69, 9.17) is 21.1 Å². The number of benzene rings is 4. The largest absolute Gasteiger partial charge is 0.507 e. The molecule has 0 unspecified atom stereocenters. The van der Waals surface area contributed by atoms with Gasteiger partial charge in [0.2, 0.25) is 0 Å². The zero-order valence-electron chi connectivity index (χ0n) is 23.5. The lowest BCUT2D eigenvalue weighted by Gasteiger charge is -2.26. The standard InChI is InChI=1S/C35H31ClN2O5/c36-31-22-32-27(20-29(31)25-10-8-24(9-11-25)28-6-1-2-7-33(28)39)21-30(35(41)37-32)26-5-3-4-23(18-26)19-34(40)43-17-14-38-12-15-42-16-13-38/h1-11,18,20-22,39H,12-17,19H2,(H,37,41). The molecule has 5 aromatic rings. The zero-order valence-corrected chi connectivity index (χ0v) is 24.3. The number of ether oxygens (including phenoxy) is 2. The number of phenolic OH excluding ortho intramolecular Hbond substituents is 1. The molecule has 1 fully saturated rings. The van der Waals surface area contributed by atoms with Crippen LogP contribution >= 0.6 is 11.6 Å². The van der Waals surface area contributed by atoms with Crippen LogP contribution in [0.4, 0.5) is 0 Å². The van der Waals surface area contributed by atoms with E-state index in [0.717, 1.165) is 46.3 Å². The number of para-hydroxylation sites is 1. The maximum atomic E-state index is 13.1. The summed E-state index contributed by atoms with van der Waals surface area (Å²) in [4.78, 5) is 30.8. The molecule has 4 aromatic carbocycles. The van der Waals surface area contributed by atoms with Gasteiger partial charge in [0, 0.05) is 41.8 Å². The Balaban J connectivity index is 1.21. The fourth-order valence-corrected chi connectivity index (χ4v) is 5.66. The third-order valence-corrected chi connectivity index (χ3v) is 8.02. The molecule has 0 saturated carbocycles. The lowest BCUT2D eigenvalue weighted by atomic mass is 9.97.